The molecule has 0 aliphatic heterocycles. The van der Waals surface area contributed by atoms with Crippen molar-refractivity contribution < 1.29 is 19.1 Å². The Balaban J connectivity index is 1.91. The van der Waals surface area contributed by atoms with Crippen LogP contribution in [-0.4, -0.2) is 19.4 Å². The van der Waals surface area contributed by atoms with E-state index in [-0.39, 0.29) is 5.97 Å². The molecule has 0 aliphatic rings. The first-order chi connectivity index (χ1) is 15.7. The van der Waals surface area contributed by atoms with Crippen LogP contribution >= 0.6 is 0 Å². The fourth-order valence-electron chi connectivity index (χ4n) is 4.01. The zero-order chi connectivity index (χ0) is 23.3. The highest BCUT2D eigenvalue weighted by atomic mass is 16.6. The summed E-state index contributed by atoms with van der Waals surface area (Å²) in [5, 5.41) is 0. The Kier molecular flexibility index (Phi) is 17.5. The van der Waals surface area contributed by atoms with E-state index in [4.69, 9.17) is 9.47 Å². The lowest BCUT2D eigenvalue weighted by Gasteiger charge is -2.09. The zero-order valence-corrected chi connectivity index (χ0v) is 20.7. The van der Waals surface area contributed by atoms with Gasteiger partial charge in [0, 0.05) is 12.0 Å². The summed E-state index contributed by atoms with van der Waals surface area (Å²) in [6, 6.07) is 4.80. The van der Waals surface area contributed by atoms with E-state index in [1.807, 2.05) is 0 Å². The van der Waals surface area contributed by atoms with E-state index in [1.54, 1.807) is 18.2 Å². The van der Waals surface area contributed by atoms with Gasteiger partial charge in [-0.1, -0.05) is 110 Å². The largest absolute Gasteiger partial charge is 0.493 e. The first-order valence-corrected chi connectivity index (χ1v) is 13.0. The number of benzene rings is 1. The Bertz CT molecular complexity index is 611. The smallest absolute Gasteiger partial charge is 0.311 e. The molecule has 0 unspecified atom stereocenters. The number of aldehydes is 1. The molecule has 0 atom stereocenters. The van der Waals surface area contributed by atoms with E-state index in [0.29, 0.717) is 23.5 Å². The minimum Gasteiger partial charge on any atom is -0.493 e. The van der Waals surface area contributed by atoms with Crippen molar-refractivity contribution in [3.8, 4) is 11.5 Å². The van der Waals surface area contributed by atoms with Crippen LogP contribution in [0.1, 0.15) is 133 Å². The van der Waals surface area contributed by atoms with Crippen LogP contribution in [0.4, 0.5) is 0 Å². The van der Waals surface area contributed by atoms with Gasteiger partial charge in [-0.05, 0) is 24.6 Å². The van der Waals surface area contributed by atoms with Crippen LogP contribution in [0.2, 0.25) is 0 Å². The molecule has 1 rings (SSSR count). The lowest BCUT2D eigenvalue weighted by molar-refractivity contribution is -0.134. The molecule has 0 heterocycles. The summed E-state index contributed by atoms with van der Waals surface area (Å²) < 4.78 is 10.6. The monoisotopic (exact) mass is 446 g/mol. The van der Waals surface area contributed by atoms with Crippen LogP contribution in [0.25, 0.3) is 0 Å². The van der Waals surface area contributed by atoms with Crippen LogP contribution in [0.3, 0.4) is 0 Å². The minimum atomic E-state index is -0.247. The molecule has 1 aromatic carbocycles. The molecular formula is C28H46O4. The Morgan fingerprint density at radius 3 is 1.62 bits per heavy atom. The van der Waals surface area contributed by atoms with Gasteiger partial charge in [0.15, 0.2) is 11.5 Å². The van der Waals surface area contributed by atoms with Crippen molar-refractivity contribution in [1.29, 1.82) is 0 Å². The second-order valence-electron chi connectivity index (χ2n) is 8.91. The van der Waals surface area contributed by atoms with Crippen molar-refractivity contribution in [3.05, 3.63) is 23.8 Å². The van der Waals surface area contributed by atoms with Gasteiger partial charge in [-0.2, -0.15) is 0 Å². The van der Waals surface area contributed by atoms with Crippen molar-refractivity contribution in [2.45, 2.75) is 122 Å². The van der Waals surface area contributed by atoms with Crippen LogP contribution in [0.5, 0.6) is 11.5 Å². The molecule has 0 spiro atoms. The number of ether oxygens (including phenoxy) is 2. The Hall–Kier alpha value is -1.84. The van der Waals surface area contributed by atoms with E-state index in [2.05, 4.69) is 6.92 Å². The number of esters is 1. The normalized spacial score (nSPS) is 10.8. The average molecular weight is 447 g/mol. The molecule has 0 saturated heterocycles. The average Bonchev–Trinajstić information content (AvgIpc) is 2.81. The number of carbonyl (C=O) groups excluding carboxylic acids is 2. The highest BCUT2D eigenvalue weighted by molar-refractivity contribution is 5.78. The van der Waals surface area contributed by atoms with E-state index >= 15 is 0 Å². The lowest BCUT2D eigenvalue weighted by atomic mass is 10.0. The molecule has 1 aromatic rings. The molecule has 4 heteroatoms. The van der Waals surface area contributed by atoms with Gasteiger partial charge in [-0.3, -0.25) is 9.59 Å². The second-order valence-corrected chi connectivity index (χ2v) is 8.91. The number of carbonyl (C=O) groups is 2. The Labute approximate surface area is 196 Å². The first kappa shape index (κ1) is 28.2. The zero-order valence-electron chi connectivity index (χ0n) is 20.7. The molecule has 0 amide bonds. The third-order valence-electron chi connectivity index (χ3n) is 6.03. The number of methoxy groups -OCH3 is 1. The predicted molar refractivity (Wildman–Crippen MR) is 133 cm³/mol. The molecule has 0 radical (unpaired) electrons. The molecule has 0 aromatic heterocycles. The molecule has 182 valence electrons. The summed E-state index contributed by atoms with van der Waals surface area (Å²) in [5.41, 5.74) is 0.495. The van der Waals surface area contributed by atoms with Crippen LogP contribution in [0.15, 0.2) is 18.2 Å². The van der Waals surface area contributed by atoms with Gasteiger partial charge in [0.25, 0.3) is 0 Å². The van der Waals surface area contributed by atoms with Crippen molar-refractivity contribution in [1.82, 2.24) is 0 Å². The fourth-order valence-corrected chi connectivity index (χ4v) is 4.01. The Morgan fingerprint density at radius 2 is 1.19 bits per heavy atom. The van der Waals surface area contributed by atoms with E-state index < -0.39 is 0 Å². The molecule has 32 heavy (non-hydrogen) atoms. The summed E-state index contributed by atoms with van der Waals surface area (Å²) in [5.74, 6) is 0.531. The number of hydrogen-bond donors (Lipinski definition) is 0. The van der Waals surface area contributed by atoms with Crippen LogP contribution in [-0.2, 0) is 4.79 Å². The maximum Gasteiger partial charge on any atom is 0.311 e. The summed E-state index contributed by atoms with van der Waals surface area (Å²) >= 11 is 0. The van der Waals surface area contributed by atoms with Gasteiger partial charge >= 0.3 is 5.97 Å². The first-order valence-electron chi connectivity index (χ1n) is 13.0. The van der Waals surface area contributed by atoms with Crippen molar-refractivity contribution in [2.75, 3.05) is 7.11 Å². The quantitative estimate of drug-likeness (QED) is 0.0822. The Morgan fingerprint density at radius 1 is 0.719 bits per heavy atom. The summed E-state index contributed by atoms with van der Waals surface area (Å²) in [6.07, 6.45) is 23.6. The minimum absolute atomic E-state index is 0.247. The van der Waals surface area contributed by atoms with E-state index in [0.717, 1.165) is 19.1 Å². The third kappa shape index (κ3) is 14.3. The molecular weight excluding hydrogens is 400 g/mol. The molecule has 0 fully saturated rings. The SMILES string of the molecule is CCCCCCCCCCCCCCCCCCCC(=O)Oc1ccc(C=O)cc1OC. The third-order valence-corrected chi connectivity index (χ3v) is 6.03. The standard InChI is InChI=1S/C28H46O4/c1-3-4-5-6-7-8-9-10-11-12-13-14-15-16-17-18-19-20-28(30)32-26-22-21-25(24-29)23-27(26)31-2/h21-24H,3-20H2,1-2H3. The van der Waals surface area contributed by atoms with E-state index in [9.17, 15) is 9.59 Å². The van der Waals surface area contributed by atoms with Gasteiger partial charge in [0.1, 0.15) is 6.29 Å². The lowest BCUT2D eigenvalue weighted by Crippen LogP contribution is -2.08. The molecule has 0 bridgehead atoms. The molecule has 0 N–H and O–H groups in total. The molecule has 0 saturated carbocycles. The molecule has 4 nitrogen and oxygen atoms in total. The van der Waals surface area contributed by atoms with Crippen LogP contribution < -0.4 is 9.47 Å². The summed E-state index contributed by atoms with van der Waals surface area (Å²) in [6.45, 7) is 2.28. The van der Waals surface area contributed by atoms with Crippen molar-refractivity contribution >= 4 is 12.3 Å². The number of hydrogen-bond acceptors (Lipinski definition) is 4. The predicted octanol–water partition coefficient (Wildman–Crippen LogP) is 8.45. The van der Waals surface area contributed by atoms with Gasteiger partial charge < -0.3 is 9.47 Å². The fraction of sp³-hybridized carbons (Fsp3) is 0.714. The van der Waals surface area contributed by atoms with Crippen molar-refractivity contribution in [3.63, 3.8) is 0 Å². The van der Waals surface area contributed by atoms with Gasteiger partial charge in [0.2, 0.25) is 0 Å². The molecule has 0 aliphatic carbocycles. The van der Waals surface area contributed by atoms with Gasteiger partial charge in [0.05, 0.1) is 7.11 Å². The number of rotatable bonds is 21. The van der Waals surface area contributed by atoms with Gasteiger partial charge in [-0.15, -0.1) is 0 Å². The summed E-state index contributed by atoms with van der Waals surface area (Å²) in [7, 11) is 1.50. The summed E-state index contributed by atoms with van der Waals surface area (Å²) in [4.78, 5) is 22.9. The van der Waals surface area contributed by atoms with Crippen LogP contribution in [0, 0.1) is 0 Å². The number of unbranched alkanes of at least 4 members (excludes halogenated alkanes) is 16. The van der Waals surface area contributed by atoms with Gasteiger partial charge in [-0.25, -0.2) is 0 Å². The highest BCUT2D eigenvalue weighted by Gasteiger charge is 2.10. The van der Waals surface area contributed by atoms with Crippen molar-refractivity contribution in [2.24, 2.45) is 0 Å². The maximum atomic E-state index is 12.0. The highest BCUT2D eigenvalue weighted by Crippen LogP contribution is 2.28. The second kappa shape index (κ2) is 19.8. The maximum absolute atomic E-state index is 12.0. The topological polar surface area (TPSA) is 52.6 Å². The van der Waals surface area contributed by atoms with E-state index in [1.165, 1.54) is 103 Å².